The molecule has 0 bridgehead atoms. The molecular weight excluding hydrogens is 190 g/mol. The topological polar surface area (TPSA) is 40.5 Å². The van der Waals surface area contributed by atoms with Gasteiger partial charge in [0, 0.05) is 24.4 Å². The molecule has 3 nitrogen and oxygen atoms in total. The minimum atomic E-state index is -0.228. The number of aliphatic hydroxyl groups excluding tert-OH is 1. The number of ketones is 1. The van der Waals surface area contributed by atoms with Crippen LogP contribution in [0.1, 0.15) is 40.0 Å². The highest BCUT2D eigenvalue weighted by Gasteiger charge is 2.26. The molecule has 1 aliphatic rings. The lowest BCUT2D eigenvalue weighted by Gasteiger charge is -2.24. The molecule has 1 N–H and O–H groups in total. The third kappa shape index (κ3) is 3.58. The van der Waals surface area contributed by atoms with Crippen LogP contribution in [0.2, 0.25) is 0 Å². The molecule has 88 valence electrons. The predicted molar refractivity (Wildman–Crippen MR) is 60.8 cm³/mol. The van der Waals surface area contributed by atoms with Crippen molar-refractivity contribution in [3.05, 3.63) is 0 Å². The van der Waals surface area contributed by atoms with E-state index < -0.39 is 0 Å². The van der Waals surface area contributed by atoms with Gasteiger partial charge in [-0.05, 0) is 19.4 Å². The summed E-state index contributed by atoms with van der Waals surface area (Å²) >= 11 is 0. The molecule has 0 aromatic heterocycles. The molecule has 15 heavy (non-hydrogen) atoms. The highest BCUT2D eigenvalue weighted by molar-refractivity contribution is 5.83. The summed E-state index contributed by atoms with van der Waals surface area (Å²) < 4.78 is 0. The van der Waals surface area contributed by atoms with Crippen LogP contribution in [-0.2, 0) is 4.79 Å². The summed E-state index contributed by atoms with van der Waals surface area (Å²) in [5, 5.41) is 9.13. The lowest BCUT2D eigenvalue weighted by molar-refractivity contribution is -0.126. The first-order valence-corrected chi connectivity index (χ1v) is 5.83. The van der Waals surface area contributed by atoms with Gasteiger partial charge < -0.3 is 5.11 Å². The molecule has 0 aromatic carbocycles. The lowest BCUT2D eigenvalue weighted by atomic mass is 9.89. The van der Waals surface area contributed by atoms with Crippen LogP contribution in [0.25, 0.3) is 0 Å². The van der Waals surface area contributed by atoms with E-state index in [1.165, 1.54) is 0 Å². The van der Waals surface area contributed by atoms with Gasteiger partial charge in [0.25, 0.3) is 0 Å². The maximum atomic E-state index is 11.7. The van der Waals surface area contributed by atoms with E-state index in [0.29, 0.717) is 12.2 Å². The van der Waals surface area contributed by atoms with E-state index >= 15 is 0 Å². The van der Waals surface area contributed by atoms with Gasteiger partial charge in [0.05, 0.1) is 6.61 Å². The molecule has 0 amide bonds. The number of likely N-dealkylation sites (tertiary alicyclic amines) is 1. The van der Waals surface area contributed by atoms with Crippen molar-refractivity contribution in [1.82, 2.24) is 4.90 Å². The summed E-state index contributed by atoms with van der Waals surface area (Å²) in [4.78, 5) is 14.0. The van der Waals surface area contributed by atoms with Gasteiger partial charge in [0.2, 0.25) is 0 Å². The van der Waals surface area contributed by atoms with Crippen molar-refractivity contribution < 1.29 is 9.90 Å². The highest BCUT2D eigenvalue weighted by Crippen LogP contribution is 2.20. The van der Waals surface area contributed by atoms with E-state index in [0.717, 1.165) is 25.9 Å². The first kappa shape index (κ1) is 12.7. The molecule has 1 atom stereocenters. The molecule has 0 aliphatic carbocycles. The normalized spacial score (nSPS) is 23.3. The Morgan fingerprint density at radius 2 is 2.13 bits per heavy atom. The van der Waals surface area contributed by atoms with Gasteiger partial charge in [0.1, 0.15) is 5.78 Å². The van der Waals surface area contributed by atoms with E-state index in [-0.39, 0.29) is 18.1 Å². The number of hydrogen-bond acceptors (Lipinski definition) is 3. The molecule has 1 unspecified atom stereocenters. The lowest BCUT2D eigenvalue weighted by Crippen LogP contribution is -2.35. The number of aliphatic hydroxyl groups is 1. The molecule has 1 fully saturated rings. The molecule has 1 aliphatic heterocycles. The summed E-state index contributed by atoms with van der Waals surface area (Å²) in [5.41, 5.74) is -0.228. The molecule has 0 radical (unpaired) electrons. The van der Waals surface area contributed by atoms with Crippen LogP contribution in [-0.4, -0.2) is 41.5 Å². The Labute approximate surface area is 92.5 Å². The number of nitrogens with zero attached hydrogens (tertiary/aromatic N) is 1. The molecule has 1 heterocycles. The Kier molecular flexibility index (Phi) is 4.29. The Morgan fingerprint density at radius 1 is 1.47 bits per heavy atom. The highest BCUT2D eigenvalue weighted by atomic mass is 16.3. The average Bonchev–Trinajstić information content (AvgIpc) is 2.59. The smallest absolute Gasteiger partial charge is 0.139 e. The van der Waals surface area contributed by atoms with Crippen LogP contribution in [0.5, 0.6) is 0 Å². The first-order valence-electron chi connectivity index (χ1n) is 5.83. The van der Waals surface area contributed by atoms with Crippen LogP contribution >= 0.6 is 0 Å². The standard InChI is InChI=1S/C12H23NO2/c1-12(2,3)11(15)6-8-13-7-4-5-10(13)9-14/h10,14H,4-9H2,1-3H3. The second-order valence-corrected chi connectivity index (χ2v) is 5.44. The van der Waals surface area contributed by atoms with Crippen molar-refractivity contribution in [3.63, 3.8) is 0 Å². The zero-order valence-electron chi connectivity index (χ0n) is 10.1. The van der Waals surface area contributed by atoms with Gasteiger partial charge in [-0.2, -0.15) is 0 Å². The summed E-state index contributed by atoms with van der Waals surface area (Å²) in [7, 11) is 0. The Balaban J connectivity index is 2.34. The van der Waals surface area contributed by atoms with Gasteiger partial charge in [-0.15, -0.1) is 0 Å². The van der Waals surface area contributed by atoms with Crippen molar-refractivity contribution in [3.8, 4) is 0 Å². The number of rotatable bonds is 4. The second kappa shape index (κ2) is 5.08. The van der Waals surface area contributed by atoms with Gasteiger partial charge in [0.15, 0.2) is 0 Å². The fraction of sp³-hybridized carbons (Fsp3) is 0.917. The SMILES string of the molecule is CC(C)(C)C(=O)CCN1CCCC1CO. The molecule has 3 heteroatoms. The zero-order chi connectivity index (χ0) is 11.5. The maximum Gasteiger partial charge on any atom is 0.139 e. The third-order valence-corrected chi connectivity index (χ3v) is 3.17. The second-order valence-electron chi connectivity index (χ2n) is 5.44. The molecular formula is C12H23NO2. The Morgan fingerprint density at radius 3 is 2.67 bits per heavy atom. The number of carbonyl (C=O) groups excluding carboxylic acids is 1. The van der Waals surface area contributed by atoms with Crippen LogP contribution in [0.4, 0.5) is 0 Å². The van der Waals surface area contributed by atoms with Gasteiger partial charge in [-0.3, -0.25) is 9.69 Å². The van der Waals surface area contributed by atoms with Crippen LogP contribution in [0, 0.1) is 5.41 Å². The summed E-state index contributed by atoms with van der Waals surface area (Å²) in [5.74, 6) is 0.311. The summed E-state index contributed by atoms with van der Waals surface area (Å²) in [6.45, 7) is 7.95. The predicted octanol–water partition coefficient (Wildman–Crippen LogP) is 1.45. The van der Waals surface area contributed by atoms with Crippen LogP contribution in [0.3, 0.4) is 0 Å². The van der Waals surface area contributed by atoms with Gasteiger partial charge in [-0.25, -0.2) is 0 Å². The molecule has 1 rings (SSSR count). The van der Waals surface area contributed by atoms with Crippen molar-refractivity contribution in [2.24, 2.45) is 5.41 Å². The molecule has 0 saturated carbocycles. The Bertz CT molecular complexity index is 220. The van der Waals surface area contributed by atoms with E-state index in [9.17, 15) is 4.79 Å². The quantitative estimate of drug-likeness (QED) is 0.768. The Hall–Kier alpha value is -0.410. The monoisotopic (exact) mass is 213 g/mol. The molecule has 0 aromatic rings. The van der Waals surface area contributed by atoms with Crippen molar-refractivity contribution in [2.45, 2.75) is 46.1 Å². The minimum Gasteiger partial charge on any atom is -0.395 e. The zero-order valence-corrected chi connectivity index (χ0v) is 10.1. The summed E-state index contributed by atoms with van der Waals surface area (Å²) in [6, 6.07) is 0.290. The van der Waals surface area contributed by atoms with E-state index in [4.69, 9.17) is 5.11 Å². The number of Topliss-reactive ketones (excluding diaryl/α,β-unsaturated/α-hetero) is 1. The van der Waals surface area contributed by atoms with Crippen LogP contribution in [0.15, 0.2) is 0 Å². The molecule has 0 spiro atoms. The fourth-order valence-corrected chi connectivity index (χ4v) is 2.02. The third-order valence-electron chi connectivity index (χ3n) is 3.17. The number of hydrogen-bond donors (Lipinski definition) is 1. The minimum absolute atomic E-state index is 0.226. The van der Waals surface area contributed by atoms with Crippen molar-refractivity contribution in [2.75, 3.05) is 19.7 Å². The summed E-state index contributed by atoms with van der Waals surface area (Å²) in [6.07, 6.45) is 2.83. The van der Waals surface area contributed by atoms with E-state index in [1.807, 2.05) is 20.8 Å². The van der Waals surface area contributed by atoms with Crippen LogP contribution < -0.4 is 0 Å². The van der Waals surface area contributed by atoms with Crippen molar-refractivity contribution >= 4 is 5.78 Å². The largest absolute Gasteiger partial charge is 0.395 e. The first-order chi connectivity index (χ1) is 6.95. The van der Waals surface area contributed by atoms with Crippen molar-refractivity contribution in [1.29, 1.82) is 0 Å². The van der Waals surface area contributed by atoms with E-state index in [2.05, 4.69) is 4.90 Å². The maximum absolute atomic E-state index is 11.7. The van der Waals surface area contributed by atoms with Gasteiger partial charge >= 0.3 is 0 Å². The fourth-order valence-electron chi connectivity index (χ4n) is 2.02. The molecule has 1 saturated heterocycles. The average molecular weight is 213 g/mol. The van der Waals surface area contributed by atoms with Gasteiger partial charge in [-0.1, -0.05) is 20.8 Å². The van der Waals surface area contributed by atoms with E-state index in [1.54, 1.807) is 0 Å². The number of carbonyl (C=O) groups is 1.